The zero-order chi connectivity index (χ0) is 21.4. The van der Waals surface area contributed by atoms with E-state index in [-0.39, 0.29) is 11.8 Å². The quantitative estimate of drug-likeness (QED) is 0.553. The molecule has 160 valence electrons. The zero-order valence-electron chi connectivity index (χ0n) is 17.2. The van der Waals surface area contributed by atoms with Gasteiger partial charge in [-0.1, -0.05) is 44.2 Å². The summed E-state index contributed by atoms with van der Waals surface area (Å²) in [6.07, 6.45) is 3.30. The van der Waals surface area contributed by atoms with Crippen molar-refractivity contribution in [3.63, 3.8) is 0 Å². The van der Waals surface area contributed by atoms with Crippen LogP contribution in [0, 0.1) is 5.92 Å². The Kier molecular flexibility index (Phi) is 8.64. The van der Waals surface area contributed by atoms with Gasteiger partial charge in [0.1, 0.15) is 12.1 Å². The van der Waals surface area contributed by atoms with E-state index in [2.05, 4.69) is 5.32 Å². The second-order valence-corrected chi connectivity index (χ2v) is 8.15. The maximum atomic E-state index is 13.1. The molecule has 1 aromatic rings. The molecule has 1 aliphatic rings. The van der Waals surface area contributed by atoms with Crippen LogP contribution in [0.3, 0.4) is 0 Å². The molecule has 2 rings (SSSR count). The molecule has 1 aliphatic heterocycles. The fourth-order valence-corrected chi connectivity index (χ4v) is 3.81. The van der Waals surface area contributed by atoms with Crippen LogP contribution in [0.2, 0.25) is 0 Å². The van der Waals surface area contributed by atoms with E-state index in [1.807, 2.05) is 44.2 Å². The highest BCUT2D eigenvalue weighted by Gasteiger charge is 2.36. The minimum atomic E-state index is -1.01. The predicted molar refractivity (Wildman–Crippen MR) is 110 cm³/mol. The highest BCUT2D eigenvalue weighted by Crippen LogP contribution is 2.20. The van der Waals surface area contributed by atoms with Crippen molar-refractivity contribution in [1.29, 1.82) is 0 Å². The number of nitrogens with one attached hydrogen (secondary N) is 1. The number of rotatable bonds is 10. The van der Waals surface area contributed by atoms with Crippen molar-refractivity contribution in [2.75, 3.05) is 6.54 Å². The Hall–Kier alpha value is -2.41. The Morgan fingerprint density at radius 1 is 1.14 bits per heavy atom. The van der Waals surface area contributed by atoms with Crippen LogP contribution in [0.5, 0.6) is 0 Å². The van der Waals surface area contributed by atoms with E-state index in [0.29, 0.717) is 38.6 Å². The number of likely N-dealkylation sites (tertiary alicyclic amines) is 1. The van der Waals surface area contributed by atoms with Crippen LogP contribution in [-0.4, -0.2) is 57.6 Å². The molecule has 0 radical (unpaired) electrons. The number of amides is 1. The largest absolute Gasteiger partial charge is 0.480 e. The van der Waals surface area contributed by atoms with Gasteiger partial charge in [-0.15, -0.1) is 0 Å². The van der Waals surface area contributed by atoms with Crippen molar-refractivity contribution in [1.82, 2.24) is 10.2 Å². The van der Waals surface area contributed by atoms with E-state index in [4.69, 9.17) is 0 Å². The summed E-state index contributed by atoms with van der Waals surface area (Å²) in [5.41, 5.74) is 1.04. The lowest BCUT2D eigenvalue weighted by atomic mass is 10.0. The third-order valence-corrected chi connectivity index (χ3v) is 5.34. The molecular formula is C22H32N2O5. The van der Waals surface area contributed by atoms with Gasteiger partial charge in [0.2, 0.25) is 5.91 Å². The van der Waals surface area contributed by atoms with Crippen molar-refractivity contribution in [2.24, 2.45) is 5.92 Å². The summed E-state index contributed by atoms with van der Waals surface area (Å²) in [5.74, 6) is -2.18. The van der Waals surface area contributed by atoms with Gasteiger partial charge in [0.25, 0.3) is 0 Å². The molecule has 0 bridgehead atoms. The van der Waals surface area contributed by atoms with Crippen LogP contribution in [0.15, 0.2) is 30.3 Å². The molecule has 0 aromatic heterocycles. The summed E-state index contributed by atoms with van der Waals surface area (Å²) in [6.45, 7) is 4.25. The van der Waals surface area contributed by atoms with Gasteiger partial charge in [0.05, 0.1) is 6.04 Å². The van der Waals surface area contributed by atoms with Gasteiger partial charge >= 0.3 is 11.9 Å². The fraction of sp³-hybridized carbons (Fsp3) is 0.591. The average molecular weight is 405 g/mol. The summed E-state index contributed by atoms with van der Waals surface area (Å²) < 4.78 is 0. The number of carboxylic acids is 2. The van der Waals surface area contributed by atoms with Crippen LogP contribution in [-0.2, 0) is 20.8 Å². The number of carboxylic acid groups (broad SMARTS) is 2. The summed E-state index contributed by atoms with van der Waals surface area (Å²) in [5, 5.41) is 22.3. The number of hydrogen-bond acceptors (Lipinski definition) is 4. The lowest BCUT2D eigenvalue weighted by molar-refractivity contribution is -0.152. The Labute approximate surface area is 172 Å². The second kappa shape index (κ2) is 11.0. The number of carbonyl (C=O) groups excluding carboxylic acids is 1. The van der Waals surface area contributed by atoms with E-state index >= 15 is 0 Å². The lowest BCUT2D eigenvalue weighted by Crippen LogP contribution is -2.55. The number of aliphatic carboxylic acids is 2. The molecule has 1 amide bonds. The molecule has 0 unspecified atom stereocenters. The number of benzene rings is 1. The molecule has 1 aromatic carbocycles. The van der Waals surface area contributed by atoms with Crippen LogP contribution in [0.4, 0.5) is 0 Å². The Bertz CT molecular complexity index is 692. The van der Waals surface area contributed by atoms with Crippen molar-refractivity contribution >= 4 is 17.8 Å². The molecule has 0 saturated carbocycles. The monoisotopic (exact) mass is 404 g/mol. The van der Waals surface area contributed by atoms with E-state index < -0.39 is 30.1 Å². The van der Waals surface area contributed by atoms with E-state index in [1.165, 1.54) is 4.90 Å². The predicted octanol–water partition coefficient (Wildman–Crippen LogP) is 2.54. The lowest BCUT2D eigenvalue weighted by Gasteiger charge is -2.32. The molecule has 0 aliphatic carbocycles. The Morgan fingerprint density at radius 2 is 1.83 bits per heavy atom. The molecule has 7 nitrogen and oxygen atoms in total. The number of aryl methyl sites for hydroxylation is 1. The van der Waals surface area contributed by atoms with Crippen molar-refractivity contribution in [3.05, 3.63) is 35.9 Å². The minimum absolute atomic E-state index is 0.135. The zero-order valence-corrected chi connectivity index (χ0v) is 17.2. The van der Waals surface area contributed by atoms with Crippen molar-refractivity contribution in [2.45, 2.75) is 70.5 Å². The summed E-state index contributed by atoms with van der Waals surface area (Å²) >= 11 is 0. The molecule has 0 spiro atoms. The molecular weight excluding hydrogens is 372 g/mol. The number of nitrogens with zero attached hydrogens (tertiary/aromatic N) is 1. The number of hydrogen-bond donors (Lipinski definition) is 3. The smallest absolute Gasteiger partial charge is 0.326 e. The van der Waals surface area contributed by atoms with Gasteiger partial charge in [-0.2, -0.15) is 0 Å². The highest BCUT2D eigenvalue weighted by atomic mass is 16.4. The van der Waals surface area contributed by atoms with E-state index in [9.17, 15) is 24.6 Å². The Balaban J connectivity index is 2.10. The maximum Gasteiger partial charge on any atom is 0.326 e. The summed E-state index contributed by atoms with van der Waals surface area (Å²) in [6, 6.07) is 7.20. The van der Waals surface area contributed by atoms with E-state index in [0.717, 1.165) is 12.0 Å². The molecule has 1 saturated heterocycles. The van der Waals surface area contributed by atoms with Crippen LogP contribution in [0.25, 0.3) is 0 Å². The third kappa shape index (κ3) is 6.85. The number of carbonyl (C=O) groups is 3. The molecule has 3 N–H and O–H groups in total. The second-order valence-electron chi connectivity index (χ2n) is 8.15. The maximum absolute atomic E-state index is 13.1. The van der Waals surface area contributed by atoms with Gasteiger partial charge in [-0.05, 0) is 50.0 Å². The first-order valence-corrected chi connectivity index (χ1v) is 10.4. The summed E-state index contributed by atoms with van der Waals surface area (Å²) in [7, 11) is 0. The molecule has 29 heavy (non-hydrogen) atoms. The van der Waals surface area contributed by atoms with Crippen molar-refractivity contribution < 1.29 is 24.6 Å². The minimum Gasteiger partial charge on any atom is -0.480 e. The Morgan fingerprint density at radius 3 is 2.41 bits per heavy atom. The topological polar surface area (TPSA) is 107 Å². The van der Waals surface area contributed by atoms with Crippen LogP contribution < -0.4 is 5.32 Å². The van der Waals surface area contributed by atoms with Crippen molar-refractivity contribution in [3.8, 4) is 0 Å². The molecule has 7 heteroatoms. The average Bonchev–Trinajstić information content (AvgIpc) is 2.85. The van der Waals surface area contributed by atoms with Gasteiger partial charge in [0.15, 0.2) is 0 Å². The normalized spacial score (nSPS) is 19.6. The first-order valence-electron chi connectivity index (χ1n) is 10.4. The third-order valence-electron chi connectivity index (χ3n) is 5.34. The van der Waals surface area contributed by atoms with Gasteiger partial charge in [0, 0.05) is 6.54 Å². The van der Waals surface area contributed by atoms with Gasteiger partial charge in [-0.3, -0.25) is 14.9 Å². The highest BCUT2D eigenvalue weighted by molar-refractivity contribution is 5.88. The van der Waals surface area contributed by atoms with E-state index in [1.54, 1.807) is 0 Å². The molecule has 1 fully saturated rings. The first-order chi connectivity index (χ1) is 13.8. The SMILES string of the molecule is CC(C)C[C@H](C(=O)O)N1CCCC[C@H](N[C@@H](CCc2ccccc2)C(=O)O)C1=O. The first kappa shape index (κ1) is 22.9. The fourth-order valence-electron chi connectivity index (χ4n) is 3.81. The van der Waals surface area contributed by atoms with Gasteiger partial charge < -0.3 is 15.1 Å². The van der Waals surface area contributed by atoms with Crippen LogP contribution >= 0.6 is 0 Å². The van der Waals surface area contributed by atoms with Crippen LogP contribution in [0.1, 0.15) is 51.5 Å². The standard InChI is InChI=1S/C22H32N2O5/c1-15(2)14-19(22(28)29)24-13-7-6-10-17(20(24)25)23-18(21(26)27)12-11-16-8-4-3-5-9-16/h3-5,8-9,15,17-19,23H,6-7,10-14H2,1-2H3,(H,26,27)(H,28,29)/t17-,18-,19+/m0/s1. The molecule has 1 heterocycles. The molecule has 3 atom stereocenters. The summed E-state index contributed by atoms with van der Waals surface area (Å²) in [4.78, 5) is 38.1. The van der Waals surface area contributed by atoms with Gasteiger partial charge in [-0.25, -0.2) is 4.79 Å².